The molecule has 238 valence electrons. The molecule has 0 saturated carbocycles. The van der Waals surface area contributed by atoms with E-state index in [0.717, 1.165) is 16.5 Å². The molecule has 2 amide bonds. The van der Waals surface area contributed by atoms with Gasteiger partial charge in [-0.2, -0.15) is 4.98 Å². The summed E-state index contributed by atoms with van der Waals surface area (Å²) in [6, 6.07) is 9.14. The van der Waals surface area contributed by atoms with Crippen molar-refractivity contribution in [2.45, 2.75) is 19.5 Å². The van der Waals surface area contributed by atoms with Gasteiger partial charge in [-0.1, -0.05) is 30.3 Å². The Morgan fingerprint density at radius 2 is 1.80 bits per heavy atom. The van der Waals surface area contributed by atoms with Crippen LogP contribution in [-0.4, -0.2) is 71.5 Å². The average Bonchev–Trinajstić information content (AvgIpc) is 3.04. The van der Waals surface area contributed by atoms with Crippen LogP contribution in [0.15, 0.2) is 67.3 Å². The van der Waals surface area contributed by atoms with Crippen LogP contribution in [0.25, 0.3) is 0 Å². The number of likely N-dealkylation sites (N-methyl/N-ethyl adjacent to an activating group) is 1. The quantitative estimate of drug-likeness (QED) is 0.221. The summed E-state index contributed by atoms with van der Waals surface area (Å²) in [5.41, 5.74) is 1.19. The number of carbonyl (C=O) groups is 2. The zero-order chi connectivity index (χ0) is 32.8. The minimum atomic E-state index is -1.07. The maximum Gasteiger partial charge on any atom is 0.330 e. The Labute approximate surface area is 264 Å². The van der Waals surface area contributed by atoms with Crippen LogP contribution in [0.3, 0.4) is 0 Å². The van der Waals surface area contributed by atoms with Gasteiger partial charge in [0.25, 0.3) is 0 Å². The highest BCUT2D eigenvalue weighted by molar-refractivity contribution is 6.05. The van der Waals surface area contributed by atoms with Crippen molar-refractivity contribution in [1.82, 2.24) is 24.8 Å². The fraction of sp³-hybridized carbons (Fsp3) is 0.250. The van der Waals surface area contributed by atoms with E-state index in [1.807, 2.05) is 25.1 Å². The molecular weight excluding hydrogens is 598 g/mol. The van der Waals surface area contributed by atoms with Crippen LogP contribution >= 0.6 is 0 Å². The number of carbonyl (C=O) groups excluding carboxylic acids is 2. The third-order valence-corrected chi connectivity index (χ3v) is 7.01. The van der Waals surface area contributed by atoms with Gasteiger partial charge in [-0.3, -0.25) is 14.6 Å². The SMILES string of the molecule is COc1cc(OC)c(F)c(N2Cc3cnc(Nc4ccncn4)nc3N(Cc3cccc(CC(=O)/C=C/CN(C)C)c3)C2=O)c1F. The predicted octanol–water partition coefficient (Wildman–Crippen LogP) is 4.68. The van der Waals surface area contributed by atoms with Crippen molar-refractivity contribution in [2.75, 3.05) is 50.0 Å². The number of nitrogens with zero attached hydrogens (tertiary/aromatic N) is 7. The molecule has 46 heavy (non-hydrogen) atoms. The van der Waals surface area contributed by atoms with E-state index in [0.29, 0.717) is 23.5 Å². The predicted molar refractivity (Wildman–Crippen MR) is 167 cm³/mol. The van der Waals surface area contributed by atoms with Crippen LogP contribution in [0.1, 0.15) is 16.7 Å². The van der Waals surface area contributed by atoms with Crippen molar-refractivity contribution in [3.05, 3.63) is 95.6 Å². The van der Waals surface area contributed by atoms with Gasteiger partial charge in [0.1, 0.15) is 23.7 Å². The number of amides is 2. The van der Waals surface area contributed by atoms with E-state index in [1.165, 1.54) is 31.6 Å². The summed E-state index contributed by atoms with van der Waals surface area (Å²) in [6.07, 6.45) is 7.87. The molecule has 0 spiro atoms. The van der Waals surface area contributed by atoms with E-state index >= 15 is 8.78 Å². The van der Waals surface area contributed by atoms with Crippen molar-refractivity contribution < 1.29 is 27.8 Å². The zero-order valence-electron chi connectivity index (χ0n) is 25.7. The van der Waals surface area contributed by atoms with Gasteiger partial charge in [-0.15, -0.1) is 0 Å². The number of fused-ring (bicyclic) bond motifs is 1. The van der Waals surface area contributed by atoms with Gasteiger partial charge < -0.3 is 19.7 Å². The van der Waals surface area contributed by atoms with Gasteiger partial charge in [0.05, 0.1) is 27.3 Å². The second-order valence-electron chi connectivity index (χ2n) is 10.6. The van der Waals surface area contributed by atoms with Gasteiger partial charge in [-0.05, 0) is 37.4 Å². The maximum absolute atomic E-state index is 15.6. The summed E-state index contributed by atoms with van der Waals surface area (Å²) in [5.74, 6) is -1.99. The van der Waals surface area contributed by atoms with Crippen LogP contribution in [0, 0.1) is 11.6 Å². The molecule has 1 aliphatic heterocycles. The van der Waals surface area contributed by atoms with Crippen LogP contribution in [-0.2, 0) is 24.3 Å². The van der Waals surface area contributed by atoms with E-state index in [2.05, 4.69) is 25.3 Å². The third kappa shape index (κ3) is 7.07. The standard InChI is InChI=1S/C32H32F2N8O4/c1-40(2)12-6-9-23(43)14-20-7-5-8-21(13-20)17-42-30-22(16-36-31(39-30)38-26-10-11-35-19-37-26)18-41(32(42)44)29-27(33)24(45-3)15-25(46-4)28(29)34/h5-11,13,15-16,19H,12,14,17-18H2,1-4H3,(H,35,36,37,38,39)/b9-6+. The molecule has 3 heterocycles. The van der Waals surface area contributed by atoms with Crippen LogP contribution in [0.2, 0.25) is 0 Å². The van der Waals surface area contributed by atoms with E-state index in [4.69, 9.17) is 9.47 Å². The van der Waals surface area contributed by atoms with Crippen LogP contribution in [0.5, 0.6) is 11.5 Å². The minimum absolute atomic E-state index is 0.0326. The van der Waals surface area contributed by atoms with Crippen molar-refractivity contribution >= 4 is 35.1 Å². The Hall–Kier alpha value is -5.50. The summed E-state index contributed by atoms with van der Waals surface area (Å²) in [6.45, 7) is 0.362. The number of ether oxygens (including phenoxy) is 2. The number of methoxy groups -OCH3 is 2. The summed E-state index contributed by atoms with van der Waals surface area (Å²) in [4.78, 5) is 47.9. The van der Waals surface area contributed by atoms with Crippen molar-refractivity contribution in [1.29, 1.82) is 0 Å². The van der Waals surface area contributed by atoms with Gasteiger partial charge in [0.15, 0.2) is 28.9 Å². The summed E-state index contributed by atoms with van der Waals surface area (Å²) in [5, 5.41) is 2.97. The lowest BCUT2D eigenvalue weighted by Crippen LogP contribution is -2.48. The number of allylic oxidation sites excluding steroid dienone is 1. The number of benzene rings is 2. The molecule has 0 atom stereocenters. The summed E-state index contributed by atoms with van der Waals surface area (Å²) in [7, 11) is 6.28. The highest BCUT2D eigenvalue weighted by Gasteiger charge is 2.38. The Morgan fingerprint density at radius 1 is 1.07 bits per heavy atom. The van der Waals surface area contributed by atoms with Crippen molar-refractivity contribution in [3.8, 4) is 11.5 Å². The molecule has 1 aliphatic rings. The number of nitrogens with one attached hydrogen (secondary N) is 1. The van der Waals surface area contributed by atoms with Crippen molar-refractivity contribution in [3.63, 3.8) is 0 Å². The first-order valence-electron chi connectivity index (χ1n) is 14.2. The van der Waals surface area contributed by atoms with Gasteiger partial charge >= 0.3 is 6.03 Å². The molecule has 1 N–H and O–H groups in total. The molecule has 5 rings (SSSR count). The van der Waals surface area contributed by atoms with Crippen LogP contribution < -0.4 is 24.6 Å². The number of urea groups is 1. The monoisotopic (exact) mass is 630 g/mol. The number of aromatic nitrogens is 4. The number of ketones is 1. The first kappa shape index (κ1) is 31.9. The second kappa shape index (κ2) is 14.1. The number of hydrogen-bond acceptors (Lipinski definition) is 10. The van der Waals surface area contributed by atoms with Gasteiger partial charge in [0, 0.05) is 37.0 Å². The molecule has 2 aromatic carbocycles. The molecule has 0 unspecified atom stereocenters. The molecule has 0 saturated heterocycles. The molecular formula is C32H32F2N8O4. The molecule has 0 aliphatic carbocycles. The smallest absolute Gasteiger partial charge is 0.330 e. The van der Waals surface area contributed by atoms with E-state index in [9.17, 15) is 9.59 Å². The van der Waals surface area contributed by atoms with E-state index in [1.54, 1.807) is 42.6 Å². The van der Waals surface area contributed by atoms with E-state index in [-0.39, 0.29) is 48.6 Å². The fourth-order valence-corrected chi connectivity index (χ4v) is 4.86. The first-order chi connectivity index (χ1) is 22.2. The fourth-order valence-electron chi connectivity index (χ4n) is 4.86. The van der Waals surface area contributed by atoms with Gasteiger partial charge in [0.2, 0.25) is 5.95 Å². The Morgan fingerprint density at radius 3 is 2.48 bits per heavy atom. The molecule has 0 fully saturated rings. The molecule has 2 aromatic heterocycles. The van der Waals surface area contributed by atoms with Gasteiger partial charge in [-0.25, -0.2) is 28.5 Å². The lowest BCUT2D eigenvalue weighted by Gasteiger charge is -2.36. The molecule has 14 heteroatoms. The number of anilines is 4. The molecule has 4 aromatic rings. The Balaban J connectivity index is 1.53. The largest absolute Gasteiger partial charge is 0.493 e. The first-order valence-corrected chi connectivity index (χ1v) is 14.2. The van der Waals surface area contributed by atoms with Crippen LogP contribution in [0.4, 0.5) is 36.8 Å². The highest BCUT2D eigenvalue weighted by Crippen LogP contribution is 2.41. The third-order valence-electron chi connectivity index (χ3n) is 7.01. The second-order valence-corrected chi connectivity index (χ2v) is 10.6. The highest BCUT2D eigenvalue weighted by atomic mass is 19.1. The average molecular weight is 631 g/mol. The Bertz CT molecular complexity index is 1740. The maximum atomic E-state index is 15.6. The zero-order valence-corrected chi connectivity index (χ0v) is 25.7. The lowest BCUT2D eigenvalue weighted by atomic mass is 10.0. The molecule has 0 bridgehead atoms. The normalized spacial score (nSPS) is 12.9. The minimum Gasteiger partial charge on any atom is -0.493 e. The van der Waals surface area contributed by atoms with Crippen molar-refractivity contribution in [2.24, 2.45) is 0 Å². The summed E-state index contributed by atoms with van der Waals surface area (Å²) < 4.78 is 41.5. The van der Waals surface area contributed by atoms with E-state index < -0.39 is 23.4 Å². The lowest BCUT2D eigenvalue weighted by molar-refractivity contribution is -0.114. The molecule has 0 radical (unpaired) electrons. The summed E-state index contributed by atoms with van der Waals surface area (Å²) >= 11 is 0. The number of hydrogen-bond donors (Lipinski definition) is 1. The molecule has 12 nitrogen and oxygen atoms in total. The Kier molecular flexibility index (Phi) is 9.76. The topological polar surface area (TPSA) is 126 Å². The number of halogens is 2. The number of rotatable bonds is 12.